The molecular formula is C15H26O4. The van der Waals surface area contributed by atoms with Gasteiger partial charge in [-0.05, 0) is 40.0 Å². The SMILES string of the molecule is CCCCCC(=O)OCCCC(C)(C(C)=O)C(C)=O. The molecule has 0 aliphatic carbocycles. The van der Waals surface area contributed by atoms with Crippen LogP contribution in [0.2, 0.25) is 0 Å². The van der Waals surface area contributed by atoms with Gasteiger partial charge in [-0.25, -0.2) is 0 Å². The van der Waals surface area contributed by atoms with Gasteiger partial charge in [-0.3, -0.25) is 14.4 Å². The average molecular weight is 270 g/mol. The minimum atomic E-state index is -0.936. The van der Waals surface area contributed by atoms with Gasteiger partial charge >= 0.3 is 5.97 Å². The Morgan fingerprint density at radius 2 is 1.58 bits per heavy atom. The maximum atomic E-state index is 11.5. The molecular weight excluding hydrogens is 244 g/mol. The van der Waals surface area contributed by atoms with Crippen LogP contribution >= 0.6 is 0 Å². The van der Waals surface area contributed by atoms with Gasteiger partial charge < -0.3 is 4.74 Å². The van der Waals surface area contributed by atoms with Crippen LogP contribution in [0.1, 0.15) is 66.2 Å². The first-order valence-corrected chi connectivity index (χ1v) is 7.02. The lowest BCUT2D eigenvalue weighted by Gasteiger charge is -2.23. The van der Waals surface area contributed by atoms with E-state index in [1.165, 1.54) is 13.8 Å². The number of unbranched alkanes of at least 4 members (excludes halogenated alkanes) is 2. The fraction of sp³-hybridized carbons (Fsp3) is 0.800. The minimum Gasteiger partial charge on any atom is -0.466 e. The summed E-state index contributed by atoms with van der Waals surface area (Å²) in [6, 6.07) is 0. The largest absolute Gasteiger partial charge is 0.466 e. The Hall–Kier alpha value is -1.19. The van der Waals surface area contributed by atoms with Gasteiger partial charge in [0.2, 0.25) is 0 Å². The van der Waals surface area contributed by atoms with Crippen molar-refractivity contribution in [3.63, 3.8) is 0 Å². The third-order valence-corrected chi connectivity index (χ3v) is 3.62. The first-order valence-electron chi connectivity index (χ1n) is 7.02. The Morgan fingerprint density at radius 3 is 2.05 bits per heavy atom. The van der Waals surface area contributed by atoms with Crippen LogP contribution in [-0.4, -0.2) is 24.1 Å². The van der Waals surface area contributed by atoms with Gasteiger partial charge in [-0.15, -0.1) is 0 Å². The molecule has 0 unspecified atom stereocenters. The molecule has 110 valence electrons. The van der Waals surface area contributed by atoms with Crippen LogP contribution in [0, 0.1) is 5.41 Å². The van der Waals surface area contributed by atoms with Crippen molar-refractivity contribution in [2.45, 2.75) is 66.2 Å². The van der Waals surface area contributed by atoms with Gasteiger partial charge in [0, 0.05) is 6.42 Å². The summed E-state index contributed by atoms with van der Waals surface area (Å²) in [5, 5.41) is 0. The number of hydrogen-bond donors (Lipinski definition) is 0. The van der Waals surface area contributed by atoms with Crippen LogP contribution in [0.15, 0.2) is 0 Å². The third-order valence-electron chi connectivity index (χ3n) is 3.62. The van der Waals surface area contributed by atoms with Crippen molar-refractivity contribution in [1.29, 1.82) is 0 Å². The van der Waals surface area contributed by atoms with Crippen LogP contribution < -0.4 is 0 Å². The second-order valence-electron chi connectivity index (χ2n) is 5.23. The number of ketones is 2. The Kier molecular flexibility index (Phi) is 8.28. The lowest BCUT2D eigenvalue weighted by molar-refractivity contribution is -0.144. The Labute approximate surface area is 115 Å². The fourth-order valence-corrected chi connectivity index (χ4v) is 1.80. The van der Waals surface area contributed by atoms with E-state index < -0.39 is 5.41 Å². The normalized spacial score (nSPS) is 11.2. The first-order chi connectivity index (χ1) is 8.84. The van der Waals surface area contributed by atoms with Crippen LogP contribution in [0.4, 0.5) is 0 Å². The van der Waals surface area contributed by atoms with Crippen molar-refractivity contribution in [1.82, 2.24) is 0 Å². The molecule has 0 fully saturated rings. The van der Waals surface area contributed by atoms with Crippen molar-refractivity contribution in [2.24, 2.45) is 5.41 Å². The molecule has 0 bridgehead atoms. The van der Waals surface area contributed by atoms with E-state index in [1.54, 1.807) is 6.92 Å². The maximum absolute atomic E-state index is 11.5. The van der Waals surface area contributed by atoms with E-state index >= 15 is 0 Å². The zero-order chi connectivity index (χ0) is 14.9. The molecule has 0 aromatic rings. The lowest BCUT2D eigenvalue weighted by Crippen LogP contribution is -2.33. The standard InChI is InChI=1S/C15H26O4/c1-5-6-7-9-14(18)19-11-8-10-15(4,12(2)16)13(3)17/h5-11H2,1-4H3. The van der Waals surface area contributed by atoms with E-state index in [-0.39, 0.29) is 24.1 Å². The van der Waals surface area contributed by atoms with E-state index in [0.717, 1.165) is 19.3 Å². The van der Waals surface area contributed by atoms with Gasteiger partial charge in [0.05, 0.1) is 12.0 Å². The second-order valence-corrected chi connectivity index (χ2v) is 5.23. The highest BCUT2D eigenvalue weighted by Gasteiger charge is 2.34. The molecule has 0 aromatic carbocycles. The predicted octanol–water partition coefficient (Wildman–Crippen LogP) is 3.07. The van der Waals surface area contributed by atoms with Gasteiger partial charge in [0.25, 0.3) is 0 Å². The van der Waals surface area contributed by atoms with Crippen LogP contribution in [0.25, 0.3) is 0 Å². The molecule has 0 rings (SSSR count). The number of carbonyl (C=O) groups excluding carboxylic acids is 3. The number of rotatable bonds is 10. The molecule has 0 atom stereocenters. The lowest BCUT2D eigenvalue weighted by atomic mass is 9.78. The quantitative estimate of drug-likeness (QED) is 0.348. The smallest absolute Gasteiger partial charge is 0.305 e. The summed E-state index contributed by atoms with van der Waals surface area (Å²) in [5.74, 6) is -0.454. The second kappa shape index (κ2) is 8.83. The molecule has 0 aliphatic heterocycles. The molecule has 0 amide bonds. The first kappa shape index (κ1) is 17.8. The van der Waals surface area contributed by atoms with Crippen LogP contribution in [-0.2, 0) is 19.1 Å². The molecule has 0 aliphatic rings. The number of hydrogen-bond acceptors (Lipinski definition) is 4. The summed E-state index contributed by atoms with van der Waals surface area (Å²) >= 11 is 0. The molecule has 0 radical (unpaired) electrons. The average Bonchev–Trinajstić information content (AvgIpc) is 2.34. The van der Waals surface area contributed by atoms with E-state index in [4.69, 9.17) is 4.74 Å². The van der Waals surface area contributed by atoms with E-state index in [1.807, 2.05) is 0 Å². The number of carbonyl (C=O) groups is 3. The molecule has 0 saturated heterocycles. The Bertz CT molecular complexity index is 306. The van der Waals surface area contributed by atoms with Crippen molar-refractivity contribution in [2.75, 3.05) is 6.61 Å². The van der Waals surface area contributed by atoms with E-state index in [0.29, 0.717) is 19.3 Å². The molecule has 0 aromatic heterocycles. The van der Waals surface area contributed by atoms with Crippen LogP contribution in [0.5, 0.6) is 0 Å². The molecule has 4 heteroatoms. The van der Waals surface area contributed by atoms with Gasteiger partial charge in [-0.1, -0.05) is 19.8 Å². The van der Waals surface area contributed by atoms with Gasteiger partial charge in [0.1, 0.15) is 11.6 Å². The van der Waals surface area contributed by atoms with Crippen molar-refractivity contribution in [3.8, 4) is 0 Å². The molecule has 0 spiro atoms. The predicted molar refractivity (Wildman–Crippen MR) is 73.8 cm³/mol. The number of Topliss-reactive ketones (excluding diaryl/α,β-unsaturated/α-hetero) is 2. The topological polar surface area (TPSA) is 60.4 Å². The highest BCUT2D eigenvalue weighted by molar-refractivity contribution is 6.04. The fourth-order valence-electron chi connectivity index (χ4n) is 1.80. The number of ether oxygens (including phenoxy) is 1. The highest BCUT2D eigenvalue weighted by Crippen LogP contribution is 2.25. The molecule has 4 nitrogen and oxygen atoms in total. The van der Waals surface area contributed by atoms with E-state index in [9.17, 15) is 14.4 Å². The van der Waals surface area contributed by atoms with Gasteiger partial charge in [0.15, 0.2) is 0 Å². The number of esters is 1. The molecule has 0 saturated carbocycles. The summed E-state index contributed by atoms with van der Waals surface area (Å²) in [6.45, 7) is 6.87. The summed E-state index contributed by atoms with van der Waals surface area (Å²) < 4.78 is 5.08. The summed E-state index contributed by atoms with van der Waals surface area (Å²) in [4.78, 5) is 34.3. The van der Waals surface area contributed by atoms with Crippen molar-refractivity contribution in [3.05, 3.63) is 0 Å². The van der Waals surface area contributed by atoms with Crippen molar-refractivity contribution >= 4 is 17.5 Å². The van der Waals surface area contributed by atoms with Gasteiger partial charge in [-0.2, -0.15) is 0 Å². The summed E-state index contributed by atoms with van der Waals surface area (Å²) in [6.07, 6.45) is 4.37. The highest BCUT2D eigenvalue weighted by atomic mass is 16.5. The molecule has 0 N–H and O–H groups in total. The monoisotopic (exact) mass is 270 g/mol. The zero-order valence-electron chi connectivity index (χ0n) is 12.6. The van der Waals surface area contributed by atoms with Crippen LogP contribution in [0.3, 0.4) is 0 Å². The Morgan fingerprint density at radius 1 is 1.00 bits per heavy atom. The maximum Gasteiger partial charge on any atom is 0.305 e. The summed E-state index contributed by atoms with van der Waals surface area (Å²) in [7, 11) is 0. The summed E-state index contributed by atoms with van der Waals surface area (Å²) in [5.41, 5.74) is -0.936. The molecule has 19 heavy (non-hydrogen) atoms. The minimum absolute atomic E-state index is 0.130. The Balaban J connectivity index is 3.93. The van der Waals surface area contributed by atoms with Crippen molar-refractivity contribution < 1.29 is 19.1 Å². The zero-order valence-corrected chi connectivity index (χ0v) is 12.6. The van der Waals surface area contributed by atoms with E-state index in [2.05, 4.69) is 6.92 Å². The third kappa shape index (κ3) is 6.50. The molecule has 0 heterocycles.